The summed E-state index contributed by atoms with van der Waals surface area (Å²) < 4.78 is 34.8. The summed E-state index contributed by atoms with van der Waals surface area (Å²) in [5, 5.41) is 3.29. The lowest BCUT2D eigenvalue weighted by atomic mass is 10.2. The minimum absolute atomic E-state index is 0.159. The Labute approximate surface area is 159 Å². The molecule has 0 aliphatic rings. The average molecular weight is 381 g/mol. The predicted octanol–water partition coefficient (Wildman–Crippen LogP) is 4.97. The Morgan fingerprint density at radius 2 is 1.79 bits per heavy atom. The lowest BCUT2D eigenvalue weighted by Gasteiger charge is -2.10. The number of halogens is 2. The molecule has 0 atom stereocenters. The molecular weight excluding hydrogens is 364 g/mol. The van der Waals surface area contributed by atoms with Crippen molar-refractivity contribution >= 4 is 22.8 Å². The minimum atomic E-state index is -0.824. The summed E-state index contributed by atoms with van der Waals surface area (Å²) in [7, 11) is 0. The van der Waals surface area contributed by atoms with E-state index in [0.29, 0.717) is 23.7 Å². The van der Waals surface area contributed by atoms with Crippen LogP contribution in [0.5, 0.6) is 11.8 Å². The lowest BCUT2D eigenvalue weighted by molar-refractivity contribution is 0.383. The third-order valence-corrected chi connectivity index (χ3v) is 4.29. The molecule has 0 saturated heterocycles. The molecule has 8 heteroatoms. The van der Waals surface area contributed by atoms with Crippen LogP contribution in [-0.2, 0) is 6.54 Å². The summed E-state index contributed by atoms with van der Waals surface area (Å²) in [6.07, 6.45) is 1.46. The fourth-order valence-electron chi connectivity index (χ4n) is 2.85. The van der Waals surface area contributed by atoms with E-state index >= 15 is 0 Å². The predicted molar refractivity (Wildman–Crippen MR) is 102 cm³/mol. The van der Waals surface area contributed by atoms with E-state index in [9.17, 15) is 8.78 Å². The number of para-hydroxylation sites is 2. The van der Waals surface area contributed by atoms with Crippen LogP contribution >= 0.6 is 0 Å². The molecule has 0 amide bonds. The fraction of sp³-hybridized carbons (Fsp3) is 0.150. The van der Waals surface area contributed by atoms with Crippen molar-refractivity contribution in [3.05, 3.63) is 65.9 Å². The molecule has 0 bridgehead atoms. The summed E-state index contributed by atoms with van der Waals surface area (Å²) in [4.78, 5) is 12.9. The number of benzene rings is 2. The second-order valence-corrected chi connectivity index (χ2v) is 6.13. The van der Waals surface area contributed by atoms with E-state index in [0.717, 1.165) is 23.4 Å². The SMILES string of the molecule is CCn1c(Nc2ccccc2C)nc2cnc(Oc3c(F)cccc3F)nc21. The first-order chi connectivity index (χ1) is 13.6. The molecule has 2 heterocycles. The number of hydrogen-bond acceptors (Lipinski definition) is 5. The average Bonchev–Trinajstić information content (AvgIpc) is 3.03. The van der Waals surface area contributed by atoms with Crippen molar-refractivity contribution in [1.82, 2.24) is 19.5 Å². The van der Waals surface area contributed by atoms with E-state index < -0.39 is 17.4 Å². The molecule has 1 N–H and O–H groups in total. The van der Waals surface area contributed by atoms with Crippen molar-refractivity contribution in [2.75, 3.05) is 5.32 Å². The summed E-state index contributed by atoms with van der Waals surface area (Å²) in [6.45, 7) is 4.52. The Morgan fingerprint density at radius 1 is 1.04 bits per heavy atom. The monoisotopic (exact) mass is 381 g/mol. The van der Waals surface area contributed by atoms with Crippen LogP contribution in [-0.4, -0.2) is 19.5 Å². The lowest BCUT2D eigenvalue weighted by Crippen LogP contribution is -2.04. The van der Waals surface area contributed by atoms with Gasteiger partial charge in [-0.15, -0.1) is 0 Å². The molecule has 0 unspecified atom stereocenters. The smallest absolute Gasteiger partial charge is 0.324 e. The van der Waals surface area contributed by atoms with Crippen LogP contribution in [0.15, 0.2) is 48.7 Å². The zero-order chi connectivity index (χ0) is 19.7. The highest BCUT2D eigenvalue weighted by Gasteiger charge is 2.16. The molecule has 2 aromatic heterocycles. The first-order valence-electron chi connectivity index (χ1n) is 8.74. The van der Waals surface area contributed by atoms with E-state index in [4.69, 9.17) is 4.74 Å². The van der Waals surface area contributed by atoms with Gasteiger partial charge in [0.25, 0.3) is 0 Å². The first-order valence-corrected chi connectivity index (χ1v) is 8.74. The van der Waals surface area contributed by atoms with Crippen molar-refractivity contribution in [3.8, 4) is 11.8 Å². The molecule has 4 rings (SSSR count). The van der Waals surface area contributed by atoms with Crippen LogP contribution in [0.4, 0.5) is 20.4 Å². The third kappa shape index (κ3) is 3.24. The van der Waals surface area contributed by atoms with Gasteiger partial charge in [-0.1, -0.05) is 24.3 Å². The van der Waals surface area contributed by atoms with Crippen LogP contribution in [0.25, 0.3) is 11.2 Å². The molecule has 6 nitrogen and oxygen atoms in total. The van der Waals surface area contributed by atoms with Gasteiger partial charge in [0.2, 0.25) is 11.7 Å². The van der Waals surface area contributed by atoms with Gasteiger partial charge in [0.1, 0.15) is 5.52 Å². The van der Waals surface area contributed by atoms with Crippen LogP contribution in [0.1, 0.15) is 12.5 Å². The van der Waals surface area contributed by atoms with Crippen LogP contribution < -0.4 is 10.1 Å². The zero-order valence-electron chi connectivity index (χ0n) is 15.3. The second-order valence-electron chi connectivity index (χ2n) is 6.13. The Kier molecular flexibility index (Phi) is 4.60. The summed E-state index contributed by atoms with van der Waals surface area (Å²) in [6, 6.07) is 11.2. The van der Waals surface area contributed by atoms with Crippen molar-refractivity contribution in [3.63, 3.8) is 0 Å². The Morgan fingerprint density at radius 3 is 2.50 bits per heavy atom. The van der Waals surface area contributed by atoms with Crippen molar-refractivity contribution in [2.24, 2.45) is 0 Å². The molecule has 0 saturated carbocycles. The van der Waals surface area contributed by atoms with Crippen LogP contribution in [0.2, 0.25) is 0 Å². The maximum Gasteiger partial charge on any atom is 0.324 e. The molecule has 0 spiro atoms. The molecule has 28 heavy (non-hydrogen) atoms. The number of fused-ring (bicyclic) bond motifs is 1. The number of aromatic nitrogens is 4. The van der Waals surface area contributed by atoms with Gasteiger partial charge in [-0.2, -0.15) is 4.98 Å². The number of ether oxygens (including phenoxy) is 1. The highest BCUT2D eigenvalue weighted by molar-refractivity contribution is 5.76. The van der Waals surface area contributed by atoms with E-state index in [-0.39, 0.29) is 6.01 Å². The van der Waals surface area contributed by atoms with Gasteiger partial charge in [0, 0.05) is 12.2 Å². The van der Waals surface area contributed by atoms with Gasteiger partial charge in [-0.05, 0) is 37.6 Å². The molecule has 0 fully saturated rings. The van der Waals surface area contributed by atoms with Gasteiger partial charge in [0.05, 0.1) is 6.20 Å². The van der Waals surface area contributed by atoms with E-state index in [2.05, 4.69) is 20.3 Å². The van der Waals surface area contributed by atoms with Gasteiger partial charge in [-0.3, -0.25) is 4.57 Å². The largest absolute Gasteiger partial charge is 0.418 e. The Balaban J connectivity index is 1.72. The van der Waals surface area contributed by atoms with E-state index in [1.807, 2.05) is 42.7 Å². The molecule has 4 aromatic rings. The van der Waals surface area contributed by atoms with Gasteiger partial charge in [0.15, 0.2) is 17.3 Å². The maximum absolute atomic E-state index is 13.8. The zero-order valence-corrected chi connectivity index (χ0v) is 15.3. The first kappa shape index (κ1) is 17.8. The number of aryl methyl sites for hydroxylation is 2. The standard InChI is InChI=1S/C20H17F2N5O/c1-3-27-18-16(25-19(27)24-15-10-5-4-7-12(15)2)11-23-20(26-18)28-17-13(21)8-6-9-14(17)22/h4-11H,3H2,1-2H3,(H,24,25). The quantitative estimate of drug-likeness (QED) is 0.529. The number of rotatable bonds is 5. The number of imidazole rings is 1. The molecule has 0 aliphatic carbocycles. The number of nitrogens with one attached hydrogen (secondary N) is 1. The summed E-state index contributed by atoms with van der Waals surface area (Å²) in [5.74, 6) is -1.60. The molecule has 0 radical (unpaired) electrons. The van der Waals surface area contributed by atoms with Crippen LogP contribution in [0.3, 0.4) is 0 Å². The topological polar surface area (TPSA) is 64.9 Å². The van der Waals surface area contributed by atoms with Gasteiger partial charge < -0.3 is 10.1 Å². The Bertz CT molecular complexity index is 1140. The van der Waals surface area contributed by atoms with Crippen LogP contribution in [0, 0.1) is 18.6 Å². The number of nitrogens with zero attached hydrogens (tertiary/aromatic N) is 4. The highest BCUT2D eigenvalue weighted by Crippen LogP contribution is 2.28. The fourth-order valence-corrected chi connectivity index (χ4v) is 2.85. The molecule has 0 aliphatic heterocycles. The van der Waals surface area contributed by atoms with Crippen molar-refractivity contribution in [2.45, 2.75) is 20.4 Å². The summed E-state index contributed by atoms with van der Waals surface area (Å²) >= 11 is 0. The Hall–Kier alpha value is -3.55. The maximum atomic E-state index is 13.8. The molecule has 142 valence electrons. The normalized spacial score (nSPS) is 11.0. The minimum Gasteiger partial charge on any atom is -0.418 e. The number of hydrogen-bond donors (Lipinski definition) is 1. The summed E-state index contributed by atoms with van der Waals surface area (Å²) in [5.41, 5.74) is 3.03. The highest BCUT2D eigenvalue weighted by atomic mass is 19.1. The molecule has 2 aromatic carbocycles. The van der Waals surface area contributed by atoms with Crippen molar-refractivity contribution in [1.29, 1.82) is 0 Å². The van der Waals surface area contributed by atoms with E-state index in [1.165, 1.54) is 12.3 Å². The second kappa shape index (κ2) is 7.22. The van der Waals surface area contributed by atoms with Gasteiger partial charge in [-0.25, -0.2) is 18.7 Å². The van der Waals surface area contributed by atoms with Gasteiger partial charge >= 0.3 is 6.01 Å². The number of anilines is 2. The molecular formula is C20H17F2N5O. The third-order valence-electron chi connectivity index (χ3n) is 4.29. The van der Waals surface area contributed by atoms with E-state index in [1.54, 1.807) is 0 Å². The van der Waals surface area contributed by atoms with Crippen molar-refractivity contribution < 1.29 is 13.5 Å².